The van der Waals surface area contributed by atoms with E-state index in [1.165, 1.54) is 0 Å². The first-order chi connectivity index (χ1) is 12.4. The fourth-order valence-corrected chi connectivity index (χ4v) is 4.80. The molecule has 1 saturated carbocycles. The van der Waals surface area contributed by atoms with Gasteiger partial charge in [-0.3, -0.25) is 9.78 Å². The van der Waals surface area contributed by atoms with Gasteiger partial charge in [0, 0.05) is 35.9 Å². The van der Waals surface area contributed by atoms with Crippen LogP contribution in [0.2, 0.25) is 0 Å². The number of thiophene rings is 1. The second-order valence-corrected chi connectivity index (χ2v) is 8.47. The summed E-state index contributed by atoms with van der Waals surface area (Å²) in [7, 11) is 1.83. The SMILES string of the molecule is CN(Cc1cc(-c2cccnc2)no1)C(=O)C1(c2cccs2)CC1(C)C. The number of hydrogen-bond acceptors (Lipinski definition) is 5. The maximum Gasteiger partial charge on any atom is 0.234 e. The summed E-state index contributed by atoms with van der Waals surface area (Å²) in [6.45, 7) is 4.72. The standard InChI is InChI=1S/C20H21N3O2S/c1-19(2)13-20(19,17-7-5-9-26-17)18(24)23(3)12-15-10-16(22-25-15)14-6-4-8-21-11-14/h4-11H,12-13H2,1-3H3. The lowest BCUT2D eigenvalue weighted by Gasteiger charge is -2.25. The molecule has 3 heterocycles. The Bertz CT molecular complexity index is 918. The minimum atomic E-state index is -0.415. The Labute approximate surface area is 156 Å². The molecule has 1 aliphatic carbocycles. The van der Waals surface area contributed by atoms with Crippen molar-refractivity contribution in [2.45, 2.75) is 32.2 Å². The number of aromatic nitrogens is 2. The number of carbonyl (C=O) groups is 1. The molecule has 0 aromatic carbocycles. The quantitative estimate of drug-likeness (QED) is 0.680. The summed E-state index contributed by atoms with van der Waals surface area (Å²) < 4.78 is 5.45. The zero-order valence-electron chi connectivity index (χ0n) is 15.1. The molecule has 1 atom stereocenters. The molecule has 0 bridgehead atoms. The van der Waals surface area contributed by atoms with E-state index in [1.807, 2.05) is 36.7 Å². The fraction of sp³-hybridized carbons (Fsp3) is 0.350. The maximum absolute atomic E-state index is 13.3. The predicted octanol–water partition coefficient (Wildman–Crippen LogP) is 4.12. The Morgan fingerprint density at radius 3 is 2.77 bits per heavy atom. The van der Waals surface area contributed by atoms with Crippen molar-refractivity contribution in [2.75, 3.05) is 7.05 Å². The lowest BCUT2D eigenvalue weighted by molar-refractivity contribution is -0.134. The topological polar surface area (TPSA) is 59.2 Å². The fourth-order valence-electron chi connectivity index (χ4n) is 3.70. The average Bonchev–Trinajstić information content (AvgIpc) is 3.08. The van der Waals surface area contributed by atoms with Crippen LogP contribution in [0.25, 0.3) is 11.3 Å². The van der Waals surface area contributed by atoms with Crippen molar-refractivity contribution in [3.63, 3.8) is 0 Å². The van der Waals surface area contributed by atoms with Crippen LogP contribution >= 0.6 is 11.3 Å². The molecule has 1 amide bonds. The van der Waals surface area contributed by atoms with E-state index in [0.717, 1.165) is 22.6 Å². The Balaban J connectivity index is 1.53. The van der Waals surface area contributed by atoms with Gasteiger partial charge < -0.3 is 9.42 Å². The van der Waals surface area contributed by atoms with Gasteiger partial charge in [-0.15, -0.1) is 11.3 Å². The summed E-state index contributed by atoms with van der Waals surface area (Å²) >= 11 is 1.66. The van der Waals surface area contributed by atoms with Gasteiger partial charge in [-0.25, -0.2) is 0 Å². The number of pyridine rings is 1. The van der Waals surface area contributed by atoms with E-state index in [1.54, 1.807) is 28.6 Å². The Morgan fingerprint density at radius 1 is 1.35 bits per heavy atom. The number of nitrogens with zero attached hydrogens (tertiary/aromatic N) is 3. The molecule has 3 aromatic rings. The van der Waals surface area contributed by atoms with Gasteiger partial charge in [0.2, 0.25) is 5.91 Å². The molecule has 1 aliphatic rings. The minimum absolute atomic E-state index is 0.0223. The van der Waals surface area contributed by atoms with Crippen molar-refractivity contribution >= 4 is 17.2 Å². The molecule has 3 aromatic heterocycles. The van der Waals surface area contributed by atoms with E-state index in [0.29, 0.717) is 12.3 Å². The Kier molecular flexibility index (Phi) is 3.95. The number of rotatable bonds is 5. The van der Waals surface area contributed by atoms with Gasteiger partial charge in [0.25, 0.3) is 0 Å². The molecule has 134 valence electrons. The van der Waals surface area contributed by atoms with Crippen LogP contribution in [-0.4, -0.2) is 28.0 Å². The summed E-state index contributed by atoms with van der Waals surface area (Å²) in [5, 5.41) is 6.14. The van der Waals surface area contributed by atoms with Gasteiger partial charge in [0.15, 0.2) is 5.76 Å². The van der Waals surface area contributed by atoms with E-state index >= 15 is 0 Å². The summed E-state index contributed by atoms with van der Waals surface area (Å²) in [5.74, 6) is 0.809. The van der Waals surface area contributed by atoms with Gasteiger partial charge in [0.05, 0.1) is 12.0 Å². The molecule has 1 unspecified atom stereocenters. The molecular formula is C20H21N3O2S. The number of carbonyl (C=O) groups excluding carboxylic acids is 1. The highest BCUT2D eigenvalue weighted by atomic mass is 32.1. The molecular weight excluding hydrogens is 346 g/mol. The van der Waals surface area contributed by atoms with Gasteiger partial charge in [0.1, 0.15) is 5.69 Å². The molecule has 4 rings (SSSR count). The van der Waals surface area contributed by atoms with Crippen LogP contribution in [0.5, 0.6) is 0 Å². The second-order valence-electron chi connectivity index (χ2n) is 7.52. The molecule has 0 spiro atoms. The van der Waals surface area contributed by atoms with Crippen molar-refractivity contribution in [2.24, 2.45) is 5.41 Å². The monoisotopic (exact) mass is 367 g/mol. The van der Waals surface area contributed by atoms with E-state index < -0.39 is 5.41 Å². The highest BCUT2D eigenvalue weighted by molar-refractivity contribution is 7.10. The molecule has 5 nitrogen and oxygen atoms in total. The van der Waals surface area contributed by atoms with Gasteiger partial charge in [-0.2, -0.15) is 0 Å². The van der Waals surface area contributed by atoms with Crippen molar-refractivity contribution in [3.8, 4) is 11.3 Å². The Hall–Kier alpha value is -2.47. The molecule has 0 N–H and O–H groups in total. The van der Waals surface area contributed by atoms with Crippen molar-refractivity contribution in [1.29, 1.82) is 0 Å². The van der Waals surface area contributed by atoms with Gasteiger partial charge >= 0.3 is 0 Å². The van der Waals surface area contributed by atoms with Crippen LogP contribution in [0.1, 0.15) is 30.9 Å². The molecule has 6 heteroatoms. The summed E-state index contributed by atoms with van der Waals surface area (Å²) in [5.41, 5.74) is 1.19. The van der Waals surface area contributed by atoms with Crippen molar-refractivity contribution < 1.29 is 9.32 Å². The zero-order valence-corrected chi connectivity index (χ0v) is 15.9. The van der Waals surface area contributed by atoms with Crippen LogP contribution in [0.15, 0.2) is 52.6 Å². The summed E-state index contributed by atoms with van der Waals surface area (Å²) in [4.78, 5) is 20.3. The average molecular weight is 367 g/mol. The first-order valence-electron chi connectivity index (χ1n) is 8.60. The lowest BCUT2D eigenvalue weighted by Crippen LogP contribution is -2.38. The minimum Gasteiger partial charge on any atom is -0.359 e. The number of amides is 1. The molecule has 0 radical (unpaired) electrons. The van der Waals surface area contributed by atoms with Crippen LogP contribution < -0.4 is 0 Å². The van der Waals surface area contributed by atoms with E-state index in [4.69, 9.17) is 4.52 Å². The van der Waals surface area contributed by atoms with E-state index in [2.05, 4.69) is 30.1 Å². The molecule has 1 fully saturated rings. The summed E-state index contributed by atoms with van der Waals surface area (Å²) in [6.07, 6.45) is 4.34. The Morgan fingerprint density at radius 2 is 2.15 bits per heavy atom. The third-order valence-electron chi connectivity index (χ3n) is 5.30. The zero-order chi connectivity index (χ0) is 18.4. The van der Waals surface area contributed by atoms with Crippen molar-refractivity contribution in [1.82, 2.24) is 15.0 Å². The van der Waals surface area contributed by atoms with Crippen LogP contribution in [-0.2, 0) is 16.8 Å². The molecule has 0 saturated heterocycles. The summed E-state index contributed by atoms with van der Waals surface area (Å²) in [6, 6.07) is 9.75. The van der Waals surface area contributed by atoms with Gasteiger partial charge in [-0.05, 0) is 35.4 Å². The van der Waals surface area contributed by atoms with Crippen molar-refractivity contribution in [3.05, 3.63) is 58.7 Å². The van der Waals surface area contributed by atoms with E-state index in [-0.39, 0.29) is 11.3 Å². The predicted molar refractivity (Wildman–Crippen MR) is 101 cm³/mol. The van der Waals surface area contributed by atoms with Crippen LogP contribution in [0, 0.1) is 5.41 Å². The van der Waals surface area contributed by atoms with Crippen LogP contribution in [0.3, 0.4) is 0 Å². The number of hydrogen-bond donors (Lipinski definition) is 0. The highest BCUT2D eigenvalue weighted by Crippen LogP contribution is 2.66. The number of likely N-dealkylation sites (N-methyl/N-ethyl adjacent to an activating group) is 1. The third-order valence-corrected chi connectivity index (χ3v) is 6.33. The largest absolute Gasteiger partial charge is 0.359 e. The molecule has 0 aliphatic heterocycles. The maximum atomic E-state index is 13.3. The normalized spacial score (nSPS) is 20.7. The van der Waals surface area contributed by atoms with E-state index in [9.17, 15) is 4.79 Å². The van der Waals surface area contributed by atoms with Gasteiger partial charge in [-0.1, -0.05) is 25.1 Å². The second kappa shape index (κ2) is 6.06. The smallest absolute Gasteiger partial charge is 0.234 e. The highest BCUT2D eigenvalue weighted by Gasteiger charge is 2.68. The lowest BCUT2D eigenvalue weighted by atomic mass is 9.92. The molecule has 26 heavy (non-hydrogen) atoms. The van der Waals surface area contributed by atoms with Crippen LogP contribution in [0.4, 0.5) is 0 Å². The first kappa shape index (κ1) is 17.0. The first-order valence-corrected chi connectivity index (χ1v) is 9.47. The third kappa shape index (κ3) is 2.65.